The summed E-state index contributed by atoms with van der Waals surface area (Å²) in [5, 5.41) is 3.44. The summed E-state index contributed by atoms with van der Waals surface area (Å²) in [5.74, 6) is 0.976. The van der Waals surface area contributed by atoms with Gasteiger partial charge in [0.25, 0.3) is 0 Å². The summed E-state index contributed by atoms with van der Waals surface area (Å²) in [5.41, 5.74) is 4.38. The van der Waals surface area contributed by atoms with Crippen molar-refractivity contribution < 1.29 is 4.42 Å². The lowest BCUT2D eigenvalue weighted by Crippen LogP contribution is -2.28. The lowest BCUT2D eigenvalue weighted by atomic mass is 9.91. The fraction of sp³-hybridized carbons (Fsp3) is 0.188. The zero-order valence-corrected chi connectivity index (χ0v) is 12.4. The van der Waals surface area contributed by atoms with Gasteiger partial charge in [0.2, 0.25) is 5.89 Å². The van der Waals surface area contributed by atoms with Gasteiger partial charge in [-0.15, -0.1) is 0 Å². The van der Waals surface area contributed by atoms with Gasteiger partial charge in [0.15, 0.2) is 5.58 Å². The van der Waals surface area contributed by atoms with Crippen LogP contribution in [0.4, 0.5) is 0 Å². The van der Waals surface area contributed by atoms with Crippen molar-refractivity contribution in [3.05, 3.63) is 64.0 Å². The van der Waals surface area contributed by atoms with Crippen molar-refractivity contribution in [3.63, 3.8) is 0 Å². The number of hydrogen-bond acceptors (Lipinski definition) is 3. The van der Waals surface area contributed by atoms with E-state index in [0.29, 0.717) is 0 Å². The second kappa shape index (κ2) is 4.72. The van der Waals surface area contributed by atoms with Crippen molar-refractivity contribution in [2.75, 3.05) is 6.54 Å². The highest BCUT2D eigenvalue weighted by molar-refractivity contribution is 9.10. The molecule has 0 saturated heterocycles. The molecule has 0 bridgehead atoms. The van der Waals surface area contributed by atoms with Gasteiger partial charge < -0.3 is 9.73 Å². The van der Waals surface area contributed by atoms with E-state index in [-0.39, 0.29) is 5.92 Å². The number of aromatic nitrogens is 1. The molecule has 3 nitrogen and oxygen atoms in total. The second-order valence-electron chi connectivity index (χ2n) is 5.05. The molecule has 100 valence electrons. The molecule has 1 unspecified atom stereocenters. The van der Waals surface area contributed by atoms with E-state index < -0.39 is 0 Å². The average Bonchev–Trinajstić information content (AvgIpc) is 2.89. The Morgan fingerprint density at radius 3 is 3.05 bits per heavy atom. The van der Waals surface area contributed by atoms with Gasteiger partial charge in [-0.3, -0.25) is 0 Å². The van der Waals surface area contributed by atoms with Crippen LogP contribution in [0.25, 0.3) is 11.1 Å². The molecule has 1 aromatic heterocycles. The molecule has 2 aromatic carbocycles. The fourth-order valence-corrected chi connectivity index (χ4v) is 3.13. The van der Waals surface area contributed by atoms with Crippen molar-refractivity contribution in [3.8, 4) is 0 Å². The molecule has 1 N–H and O–H groups in total. The number of hydrogen-bond donors (Lipinski definition) is 1. The molecule has 0 radical (unpaired) electrons. The van der Waals surface area contributed by atoms with Gasteiger partial charge in [0.05, 0.1) is 5.92 Å². The SMILES string of the molecule is Brc1ccc2oc(C3CNCc4ccccc43)nc2c1. The summed E-state index contributed by atoms with van der Waals surface area (Å²) < 4.78 is 6.97. The van der Waals surface area contributed by atoms with Gasteiger partial charge in [0.1, 0.15) is 5.52 Å². The largest absolute Gasteiger partial charge is 0.440 e. The number of oxazole rings is 1. The third kappa shape index (κ3) is 1.96. The van der Waals surface area contributed by atoms with E-state index in [2.05, 4.69) is 50.5 Å². The van der Waals surface area contributed by atoms with Crippen LogP contribution in [0, 0.1) is 0 Å². The van der Waals surface area contributed by atoms with Gasteiger partial charge >= 0.3 is 0 Å². The van der Waals surface area contributed by atoms with E-state index in [4.69, 9.17) is 4.42 Å². The van der Waals surface area contributed by atoms with Crippen molar-refractivity contribution in [2.45, 2.75) is 12.5 Å². The summed E-state index contributed by atoms with van der Waals surface area (Å²) in [4.78, 5) is 4.66. The maximum Gasteiger partial charge on any atom is 0.204 e. The molecule has 0 amide bonds. The van der Waals surface area contributed by atoms with Crippen molar-refractivity contribution in [2.24, 2.45) is 0 Å². The van der Waals surface area contributed by atoms with Gasteiger partial charge in [0, 0.05) is 17.6 Å². The van der Waals surface area contributed by atoms with E-state index in [1.54, 1.807) is 0 Å². The first-order chi connectivity index (χ1) is 9.81. The lowest BCUT2D eigenvalue weighted by molar-refractivity contribution is 0.464. The molecule has 4 rings (SSSR count). The van der Waals surface area contributed by atoms with Gasteiger partial charge in [-0.25, -0.2) is 4.98 Å². The van der Waals surface area contributed by atoms with Crippen molar-refractivity contribution in [1.29, 1.82) is 0 Å². The van der Waals surface area contributed by atoms with E-state index in [1.807, 2.05) is 18.2 Å². The number of rotatable bonds is 1. The molecule has 4 heteroatoms. The zero-order chi connectivity index (χ0) is 13.5. The monoisotopic (exact) mass is 328 g/mol. The number of halogens is 1. The Labute approximate surface area is 125 Å². The van der Waals surface area contributed by atoms with Crippen LogP contribution in [-0.2, 0) is 6.54 Å². The van der Waals surface area contributed by atoms with Crippen LogP contribution in [0.1, 0.15) is 22.9 Å². The third-order valence-electron chi connectivity index (χ3n) is 3.76. The quantitative estimate of drug-likeness (QED) is 0.737. The van der Waals surface area contributed by atoms with Crippen LogP contribution in [-0.4, -0.2) is 11.5 Å². The van der Waals surface area contributed by atoms with Gasteiger partial charge in [-0.1, -0.05) is 40.2 Å². The highest BCUT2D eigenvalue weighted by Gasteiger charge is 2.25. The first-order valence-corrected chi connectivity index (χ1v) is 7.45. The van der Waals surface area contributed by atoms with Crippen molar-refractivity contribution >= 4 is 27.0 Å². The van der Waals surface area contributed by atoms with E-state index >= 15 is 0 Å². The van der Waals surface area contributed by atoms with Crippen LogP contribution in [0.5, 0.6) is 0 Å². The Bertz CT molecular complexity index is 781. The Kier molecular flexibility index (Phi) is 2.86. The average molecular weight is 329 g/mol. The minimum absolute atomic E-state index is 0.186. The molecule has 20 heavy (non-hydrogen) atoms. The lowest BCUT2D eigenvalue weighted by Gasteiger charge is -2.23. The first kappa shape index (κ1) is 12.1. The smallest absolute Gasteiger partial charge is 0.204 e. The van der Waals surface area contributed by atoms with Crippen molar-refractivity contribution in [1.82, 2.24) is 10.3 Å². The highest BCUT2D eigenvalue weighted by atomic mass is 79.9. The van der Waals surface area contributed by atoms with Crippen LogP contribution in [0.2, 0.25) is 0 Å². The zero-order valence-electron chi connectivity index (χ0n) is 10.8. The molecular weight excluding hydrogens is 316 g/mol. The Hall–Kier alpha value is -1.65. The number of fused-ring (bicyclic) bond motifs is 2. The van der Waals surface area contributed by atoms with Crippen LogP contribution >= 0.6 is 15.9 Å². The Balaban J connectivity index is 1.84. The molecule has 1 aliphatic rings. The minimum Gasteiger partial charge on any atom is -0.440 e. The molecule has 1 aliphatic heterocycles. The normalized spacial score (nSPS) is 18.1. The van der Waals surface area contributed by atoms with Crippen LogP contribution in [0.15, 0.2) is 51.4 Å². The molecular formula is C16H13BrN2O. The van der Waals surface area contributed by atoms with Crippen LogP contribution in [0.3, 0.4) is 0 Å². The first-order valence-electron chi connectivity index (χ1n) is 6.66. The van der Waals surface area contributed by atoms with E-state index in [1.165, 1.54) is 11.1 Å². The summed E-state index contributed by atoms with van der Waals surface area (Å²) in [6.07, 6.45) is 0. The molecule has 0 saturated carbocycles. The molecule has 2 heterocycles. The molecule has 0 spiro atoms. The van der Waals surface area contributed by atoms with Gasteiger partial charge in [-0.2, -0.15) is 0 Å². The van der Waals surface area contributed by atoms with Crippen LogP contribution < -0.4 is 5.32 Å². The standard InChI is InChI=1S/C16H13BrN2O/c17-11-5-6-15-14(7-11)19-16(20-15)13-9-18-8-10-3-1-2-4-12(10)13/h1-7,13,18H,8-9H2. The minimum atomic E-state index is 0.186. The predicted molar refractivity (Wildman–Crippen MR) is 81.7 cm³/mol. The summed E-state index contributed by atoms with van der Waals surface area (Å²) in [7, 11) is 0. The summed E-state index contributed by atoms with van der Waals surface area (Å²) in [6, 6.07) is 14.4. The molecule has 3 aromatic rings. The molecule has 1 atom stereocenters. The number of nitrogens with zero attached hydrogens (tertiary/aromatic N) is 1. The third-order valence-corrected chi connectivity index (χ3v) is 4.25. The summed E-state index contributed by atoms with van der Waals surface area (Å²) >= 11 is 3.47. The Morgan fingerprint density at radius 1 is 1.20 bits per heavy atom. The number of nitrogens with one attached hydrogen (secondary N) is 1. The number of benzene rings is 2. The van der Waals surface area contributed by atoms with Gasteiger partial charge in [-0.05, 0) is 29.3 Å². The van der Waals surface area contributed by atoms with E-state index in [0.717, 1.165) is 34.6 Å². The Morgan fingerprint density at radius 2 is 2.10 bits per heavy atom. The molecule has 0 fully saturated rings. The second-order valence-corrected chi connectivity index (χ2v) is 5.96. The predicted octanol–water partition coefficient (Wildman–Crippen LogP) is 3.83. The van der Waals surface area contributed by atoms with E-state index in [9.17, 15) is 0 Å². The fourth-order valence-electron chi connectivity index (χ4n) is 2.78. The molecule has 0 aliphatic carbocycles. The topological polar surface area (TPSA) is 38.1 Å². The maximum absolute atomic E-state index is 5.95. The highest BCUT2D eigenvalue weighted by Crippen LogP contribution is 2.32. The summed E-state index contributed by atoms with van der Waals surface area (Å²) in [6.45, 7) is 1.78. The maximum atomic E-state index is 5.95.